The molecule has 1 aliphatic carbocycles. The number of rotatable bonds is 1. The number of aliphatic hydroxyl groups excluding tert-OH is 1. The average Bonchev–Trinajstić information content (AvgIpc) is 2.54. The number of aliphatic hydroxyl groups is 1. The molecule has 1 heterocycles. The van der Waals surface area contributed by atoms with Crippen LogP contribution in [0.3, 0.4) is 0 Å². The van der Waals surface area contributed by atoms with E-state index in [1.807, 2.05) is 13.2 Å². The minimum absolute atomic E-state index is 0.00708. The number of nitrogens with zero attached hydrogens (tertiary/aromatic N) is 2. The van der Waals surface area contributed by atoms with Crippen molar-refractivity contribution in [2.24, 2.45) is 18.7 Å². The van der Waals surface area contributed by atoms with Crippen LogP contribution in [0.5, 0.6) is 0 Å². The summed E-state index contributed by atoms with van der Waals surface area (Å²) in [7, 11) is 1.89. The number of hydrogen-bond donors (Lipinski definition) is 2. The summed E-state index contributed by atoms with van der Waals surface area (Å²) in [5.74, 6) is 0.309. The summed E-state index contributed by atoms with van der Waals surface area (Å²) < 4.78 is 1.78. The zero-order valence-electron chi connectivity index (χ0n) is 8.70. The van der Waals surface area contributed by atoms with E-state index in [0.717, 1.165) is 24.1 Å². The highest BCUT2D eigenvalue weighted by atomic mass is 16.3. The number of aromatic nitrogens is 2. The highest BCUT2D eigenvalue weighted by molar-refractivity contribution is 5.30. The Hall–Kier alpha value is -0.870. The van der Waals surface area contributed by atoms with E-state index in [4.69, 9.17) is 5.73 Å². The smallest absolute Gasteiger partial charge is 0.0703 e. The van der Waals surface area contributed by atoms with E-state index in [1.54, 1.807) is 4.68 Å². The first-order valence-corrected chi connectivity index (χ1v) is 5.00. The van der Waals surface area contributed by atoms with Crippen LogP contribution in [0.2, 0.25) is 0 Å². The standard InChI is InChI=1S/C10H17N3O/c1-7-3-4-9-8(5-13(2)12-9)10(7,11)6-14/h5,7,14H,3-4,6,11H2,1-2H3. The molecule has 14 heavy (non-hydrogen) atoms. The first-order chi connectivity index (χ1) is 6.58. The van der Waals surface area contributed by atoms with Crippen LogP contribution in [0.1, 0.15) is 24.6 Å². The molecule has 1 aromatic heterocycles. The van der Waals surface area contributed by atoms with Crippen LogP contribution in [-0.4, -0.2) is 21.5 Å². The van der Waals surface area contributed by atoms with Gasteiger partial charge in [-0.1, -0.05) is 6.92 Å². The summed E-state index contributed by atoms with van der Waals surface area (Å²) in [6, 6.07) is 0. The van der Waals surface area contributed by atoms with Crippen molar-refractivity contribution < 1.29 is 5.11 Å². The van der Waals surface area contributed by atoms with Crippen LogP contribution in [0.25, 0.3) is 0 Å². The molecule has 1 aromatic rings. The van der Waals surface area contributed by atoms with Crippen LogP contribution in [0.15, 0.2) is 6.20 Å². The Labute approximate surface area is 83.7 Å². The number of fused-ring (bicyclic) bond motifs is 1. The zero-order valence-corrected chi connectivity index (χ0v) is 8.70. The van der Waals surface area contributed by atoms with Crippen molar-refractivity contribution in [3.05, 3.63) is 17.5 Å². The maximum absolute atomic E-state index is 9.41. The van der Waals surface area contributed by atoms with Gasteiger partial charge in [0.15, 0.2) is 0 Å². The predicted molar refractivity (Wildman–Crippen MR) is 53.6 cm³/mol. The molecular weight excluding hydrogens is 178 g/mol. The fourth-order valence-electron chi connectivity index (χ4n) is 2.23. The van der Waals surface area contributed by atoms with Crippen molar-refractivity contribution in [3.63, 3.8) is 0 Å². The Morgan fingerprint density at radius 3 is 3.14 bits per heavy atom. The van der Waals surface area contributed by atoms with Crippen LogP contribution in [0, 0.1) is 5.92 Å². The number of hydrogen-bond acceptors (Lipinski definition) is 3. The Bertz CT molecular complexity index is 347. The van der Waals surface area contributed by atoms with Crippen LogP contribution < -0.4 is 5.73 Å². The molecule has 0 saturated heterocycles. The summed E-state index contributed by atoms with van der Waals surface area (Å²) in [5.41, 5.74) is 7.69. The maximum Gasteiger partial charge on any atom is 0.0703 e. The lowest BCUT2D eigenvalue weighted by molar-refractivity contribution is 0.133. The molecule has 3 N–H and O–H groups in total. The summed E-state index contributed by atoms with van der Waals surface area (Å²) in [5, 5.41) is 13.8. The first kappa shape index (κ1) is 9.68. The molecule has 0 aliphatic heterocycles. The largest absolute Gasteiger partial charge is 0.394 e. The summed E-state index contributed by atoms with van der Waals surface area (Å²) in [6.45, 7) is 2.08. The minimum Gasteiger partial charge on any atom is -0.394 e. The number of aryl methyl sites for hydroxylation is 2. The molecule has 0 fully saturated rings. The molecule has 4 nitrogen and oxygen atoms in total. The highest BCUT2D eigenvalue weighted by Gasteiger charge is 2.39. The van der Waals surface area contributed by atoms with E-state index >= 15 is 0 Å². The van der Waals surface area contributed by atoms with Gasteiger partial charge in [-0.3, -0.25) is 4.68 Å². The molecule has 0 amide bonds. The van der Waals surface area contributed by atoms with Crippen molar-refractivity contribution in [1.82, 2.24) is 9.78 Å². The summed E-state index contributed by atoms with van der Waals surface area (Å²) >= 11 is 0. The Kier molecular flexibility index (Phi) is 2.12. The molecule has 0 aromatic carbocycles. The quantitative estimate of drug-likeness (QED) is 0.670. The van der Waals surface area contributed by atoms with E-state index in [2.05, 4.69) is 12.0 Å². The average molecular weight is 195 g/mol. The molecule has 0 bridgehead atoms. The molecule has 2 rings (SSSR count). The van der Waals surface area contributed by atoms with Crippen LogP contribution in [0.4, 0.5) is 0 Å². The van der Waals surface area contributed by atoms with Crippen molar-refractivity contribution in [2.75, 3.05) is 6.61 Å². The molecular formula is C10H17N3O. The van der Waals surface area contributed by atoms with Gasteiger partial charge in [0.2, 0.25) is 0 Å². The van der Waals surface area contributed by atoms with E-state index < -0.39 is 5.54 Å². The van der Waals surface area contributed by atoms with Gasteiger partial charge in [-0.2, -0.15) is 5.10 Å². The Balaban J connectivity index is 2.51. The summed E-state index contributed by atoms with van der Waals surface area (Å²) in [6.07, 6.45) is 3.90. The molecule has 0 saturated carbocycles. The SMILES string of the molecule is CC1CCc2nn(C)cc2C1(N)CO. The molecule has 0 spiro atoms. The second-order valence-electron chi connectivity index (χ2n) is 4.30. The second kappa shape index (κ2) is 3.07. The minimum atomic E-state index is -0.595. The van der Waals surface area contributed by atoms with Gasteiger partial charge in [0.25, 0.3) is 0 Å². The lowest BCUT2D eigenvalue weighted by Gasteiger charge is -2.37. The van der Waals surface area contributed by atoms with Gasteiger partial charge in [0.1, 0.15) is 0 Å². The molecule has 78 valence electrons. The van der Waals surface area contributed by atoms with Gasteiger partial charge in [-0.25, -0.2) is 0 Å². The fourth-order valence-corrected chi connectivity index (χ4v) is 2.23. The van der Waals surface area contributed by atoms with Crippen molar-refractivity contribution >= 4 is 0 Å². The Morgan fingerprint density at radius 1 is 1.79 bits per heavy atom. The second-order valence-corrected chi connectivity index (χ2v) is 4.30. The zero-order chi connectivity index (χ0) is 10.3. The van der Waals surface area contributed by atoms with Gasteiger partial charge in [0, 0.05) is 18.8 Å². The van der Waals surface area contributed by atoms with Gasteiger partial charge in [0.05, 0.1) is 17.8 Å². The molecule has 2 unspecified atom stereocenters. The lowest BCUT2D eigenvalue weighted by atomic mass is 9.73. The van der Waals surface area contributed by atoms with Gasteiger partial charge in [-0.15, -0.1) is 0 Å². The Morgan fingerprint density at radius 2 is 2.50 bits per heavy atom. The van der Waals surface area contributed by atoms with E-state index in [1.165, 1.54) is 0 Å². The van der Waals surface area contributed by atoms with Crippen LogP contribution >= 0.6 is 0 Å². The van der Waals surface area contributed by atoms with Crippen molar-refractivity contribution in [1.29, 1.82) is 0 Å². The third-order valence-electron chi connectivity index (χ3n) is 3.36. The molecule has 1 aliphatic rings. The third kappa shape index (κ3) is 1.18. The normalized spacial score (nSPS) is 31.6. The molecule has 0 radical (unpaired) electrons. The topological polar surface area (TPSA) is 64.1 Å². The van der Waals surface area contributed by atoms with Gasteiger partial charge >= 0.3 is 0 Å². The highest BCUT2D eigenvalue weighted by Crippen LogP contribution is 2.36. The first-order valence-electron chi connectivity index (χ1n) is 5.00. The van der Waals surface area contributed by atoms with Crippen molar-refractivity contribution in [3.8, 4) is 0 Å². The molecule has 2 atom stereocenters. The predicted octanol–water partition coefficient (Wildman–Crippen LogP) is 0.149. The maximum atomic E-state index is 9.41. The van der Waals surface area contributed by atoms with E-state index in [0.29, 0.717) is 5.92 Å². The fraction of sp³-hybridized carbons (Fsp3) is 0.700. The summed E-state index contributed by atoms with van der Waals surface area (Å²) in [4.78, 5) is 0. The van der Waals surface area contributed by atoms with Gasteiger partial charge < -0.3 is 10.8 Å². The number of nitrogens with two attached hydrogens (primary N) is 1. The van der Waals surface area contributed by atoms with Crippen molar-refractivity contribution in [2.45, 2.75) is 25.3 Å². The van der Waals surface area contributed by atoms with E-state index in [-0.39, 0.29) is 6.61 Å². The van der Waals surface area contributed by atoms with Crippen LogP contribution in [-0.2, 0) is 19.0 Å². The third-order valence-corrected chi connectivity index (χ3v) is 3.36. The molecule has 4 heteroatoms. The monoisotopic (exact) mass is 195 g/mol. The van der Waals surface area contributed by atoms with Gasteiger partial charge in [-0.05, 0) is 18.8 Å². The van der Waals surface area contributed by atoms with E-state index in [9.17, 15) is 5.11 Å². The lowest BCUT2D eigenvalue weighted by Crippen LogP contribution is -2.49.